The monoisotopic (exact) mass is 314 g/mol. The van der Waals surface area contributed by atoms with Gasteiger partial charge in [-0.2, -0.15) is 0 Å². The van der Waals surface area contributed by atoms with Crippen LogP contribution in [0.4, 0.5) is 0 Å². The largest absolute Gasteiger partial charge is 0.493 e. The molecule has 0 spiro atoms. The molecule has 0 saturated carbocycles. The van der Waals surface area contributed by atoms with Gasteiger partial charge in [-0.25, -0.2) is 0 Å². The quantitative estimate of drug-likeness (QED) is 0.810. The number of nitrogens with two attached hydrogens (primary N) is 1. The van der Waals surface area contributed by atoms with Crippen LogP contribution in [0.15, 0.2) is 48.5 Å². The number of amides is 2. The van der Waals surface area contributed by atoms with E-state index in [1.54, 1.807) is 42.5 Å². The van der Waals surface area contributed by atoms with Crippen molar-refractivity contribution in [1.82, 2.24) is 5.32 Å². The predicted molar refractivity (Wildman–Crippen MR) is 85.3 cm³/mol. The van der Waals surface area contributed by atoms with Crippen LogP contribution in [0.25, 0.3) is 0 Å². The van der Waals surface area contributed by atoms with E-state index in [1.165, 1.54) is 7.11 Å². The minimum Gasteiger partial charge on any atom is -0.493 e. The van der Waals surface area contributed by atoms with E-state index in [-0.39, 0.29) is 19.1 Å². The van der Waals surface area contributed by atoms with Gasteiger partial charge < -0.3 is 20.5 Å². The molecule has 0 aliphatic rings. The lowest BCUT2D eigenvalue weighted by Gasteiger charge is -2.10. The SMILES string of the molecule is COc1ccccc1OCC(=O)NCc1cccc(C(N)=O)c1. The molecule has 2 aromatic rings. The Morgan fingerprint density at radius 3 is 2.52 bits per heavy atom. The molecule has 23 heavy (non-hydrogen) atoms. The van der Waals surface area contributed by atoms with Crippen LogP contribution in [0, 0.1) is 0 Å². The molecule has 6 nitrogen and oxygen atoms in total. The third-order valence-electron chi connectivity index (χ3n) is 3.13. The Morgan fingerprint density at radius 1 is 1.09 bits per heavy atom. The fraction of sp³-hybridized carbons (Fsp3) is 0.176. The second-order valence-electron chi connectivity index (χ2n) is 4.78. The van der Waals surface area contributed by atoms with Gasteiger partial charge in [-0.05, 0) is 29.8 Å². The topological polar surface area (TPSA) is 90.7 Å². The number of benzene rings is 2. The summed E-state index contributed by atoms with van der Waals surface area (Å²) >= 11 is 0. The highest BCUT2D eigenvalue weighted by Gasteiger charge is 2.07. The van der Waals surface area contributed by atoms with Crippen molar-refractivity contribution in [3.05, 3.63) is 59.7 Å². The van der Waals surface area contributed by atoms with E-state index < -0.39 is 5.91 Å². The molecule has 0 aliphatic heterocycles. The lowest BCUT2D eigenvalue weighted by molar-refractivity contribution is -0.123. The summed E-state index contributed by atoms with van der Waals surface area (Å²) in [6.07, 6.45) is 0. The van der Waals surface area contributed by atoms with Crippen LogP contribution in [0.2, 0.25) is 0 Å². The molecule has 0 unspecified atom stereocenters. The lowest BCUT2D eigenvalue weighted by Crippen LogP contribution is -2.28. The Hall–Kier alpha value is -3.02. The Kier molecular flexibility index (Phi) is 5.57. The van der Waals surface area contributed by atoms with Crippen LogP contribution in [0.5, 0.6) is 11.5 Å². The van der Waals surface area contributed by atoms with Gasteiger partial charge in [0, 0.05) is 12.1 Å². The van der Waals surface area contributed by atoms with Crippen molar-refractivity contribution in [1.29, 1.82) is 0 Å². The number of carbonyl (C=O) groups is 2. The second-order valence-corrected chi connectivity index (χ2v) is 4.78. The highest BCUT2D eigenvalue weighted by Crippen LogP contribution is 2.25. The van der Waals surface area contributed by atoms with Gasteiger partial charge in [0.1, 0.15) is 0 Å². The third kappa shape index (κ3) is 4.74. The molecule has 0 atom stereocenters. The molecule has 0 aliphatic carbocycles. The van der Waals surface area contributed by atoms with Gasteiger partial charge in [0.25, 0.3) is 5.91 Å². The molecular formula is C17H18N2O4. The first kappa shape index (κ1) is 16.4. The molecule has 6 heteroatoms. The number of carbonyl (C=O) groups excluding carboxylic acids is 2. The van der Waals surface area contributed by atoms with Crippen molar-refractivity contribution >= 4 is 11.8 Å². The summed E-state index contributed by atoms with van der Waals surface area (Å²) in [4.78, 5) is 23.0. The smallest absolute Gasteiger partial charge is 0.258 e. The summed E-state index contributed by atoms with van der Waals surface area (Å²) in [5.74, 6) is 0.286. The third-order valence-corrected chi connectivity index (χ3v) is 3.13. The first-order chi connectivity index (χ1) is 11.1. The van der Waals surface area contributed by atoms with Crippen molar-refractivity contribution in [3.8, 4) is 11.5 Å². The standard InChI is InChI=1S/C17H18N2O4/c1-22-14-7-2-3-8-15(14)23-11-16(20)19-10-12-5-4-6-13(9-12)17(18)21/h2-9H,10-11H2,1H3,(H2,18,21)(H,19,20). The van der Waals surface area contributed by atoms with E-state index in [0.29, 0.717) is 17.1 Å². The van der Waals surface area contributed by atoms with Gasteiger partial charge >= 0.3 is 0 Å². The van der Waals surface area contributed by atoms with E-state index in [9.17, 15) is 9.59 Å². The molecule has 0 saturated heterocycles. The molecule has 0 heterocycles. The van der Waals surface area contributed by atoms with Crippen molar-refractivity contribution in [2.45, 2.75) is 6.54 Å². The lowest BCUT2D eigenvalue weighted by atomic mass is 10.1. The van der Waals surface area contributed by atoms with Crippen LogP contribution >= 0.6 is 0 Å². The maximum atomic E-state index is 11.8. The molecule has 120 valence electrons. The van der Waals surface area contributed by atoms with E-state index in [2.05, 4.69) is 5.32 Å². The average Bonchev–Trinajstić information content (AvgIpc) is 2.58. The molecule has 0 radical (unpaired) electrons. The maximum absolute atomic E-state index is 11.8. The molecule has 0 aromatic heterocycles. The zero-order valence-corrected chi connectivity index (χ0v) is 12.7. The molecule has 0 bridgehead atoms. The molecule has 2 aromatic carbocycles. The number of ether oxygens (including phenoxy) is 2. The Balaban J connectivity index is 1.86. The van der Waals surface area contributed by atoms with Crippen LogP contribution in [-0.4, -0.2) is 25.5 Å². The van der Waals surface area contributed by atoms with E-state index >= 15 is 0 Å². The highest BCUT2D eigenvalue weighted by molar-refractivity contribution is 5.92. The van der Waals surface area contributed by atoms with Gasteiger partial charge in [0.15, 0.2) is 18.1 Å². The average molecular weight is 314 g/mol. The second kappa shape index (κ2) is 7.84. The summed E-state index contributed by atoms with van der Waals surface area (Å²) < 4.78 is 10.6. The van der Waals surface area contributed by atoms with E-state index in [0.717, 1.165) is 5.56 Å². The maximum Gasteiger partial charge on any atom is 0.258 e. The minimum absolute atomic E-state index is 0.129. The van der Waals surface area contributed by atoms with Gasteiger partial charge in [-0.15, -0.1) is 0 Å². The van der Waals surface area contributed by atoms with E-state index in [4.69, 9.17) is 15.2 Å². The van der Waals surface area contributed by atoms with Crippen LogP contribution < -0.4 is 20.5 Å². The summed E-state index contributed by atoms with van der Waals surface area (Å²) in [7, 11) is 1.54. The predicted octanol–water partition coefficient (Wildman–Crippen LogP) is 1.49. The zero-order chi connectivity index (χ0) is 16.7. The van der Waals surface area contributed by atoms with Gasteiger partial charge in [-0.1, -0.05) is 24.3 Å². The zero-order valence-electron chi connectivity index (χ0n) is 12.7. The fourth-order valence-corrected chi connectivity index (χ4v) is 1.97. The normalized spacial score (nSPS) is 9.96. The van der Waals surface area contributed by atoms with Crippen LogP contribution in [0.1, 0.15) is 15.9 Å². The van der Waals surface area contributed by atoms with Crippen molar-refractivity contribution in [2.24, 2.45) is 5.73 Å². The summed E-state index contributed by atoms with van der Waals surface area (Å²) in [6.45, 7) is 0.158. The number of methoxy groups -OCH3 is 1. The first-order valence-corrected chi connectivity index (χ1v) is 7.01. The number of nitrogens with one attached hydrogen (secondary N) is 1. The fourth-order valence-electron chi connectivity index (χ4n) is 1.97. The Morgan fingerprint density at radius 2 is 1.83 bits per heavy atom. The number of hydrogen-bond acceptors (Lipinski definition) is 4. The number of primary amides is 1. The van der Waals surface area contributed by atoms with E-state index in [1.807, 2.05) is 6.07 Å². The summed E-state index contributed by atoms with van der Waals surface area (Å²) in [5.41, 5.74) is 6.41. The Labute approximate surface area is 134 Å². The number of hydrogen-bond donors (Lipinski definition) is 2. The van der Waals surface area contributed by atoms with Gasteiger partial charge in [0.05, 0.1) is 7.11 Å². The molecule has 0 fully saturated rings. The van der Waals surface area contributed by atoms with Crippen molar-refractivity contribution < 1.29 is 19.1 Å². The van der Waals surface area contributed by atoms with Gasteiger partial charge in [0.2, 0.25) is 5.91 Å². The highest BCUT2D eigenvalue weighted by atomic mass is 16.5. The Bertz CT molecular complexity index is 700. The van der Waals surface area contributed by atoms with Gasteiger partial charge in [-0.3, -0.25) is 9.59 Å². The molecule has 2 amide bonds. The number of para-hydroxylation sites is 2. The summed E-state index contributed by atoms with van der Waals surface area (Å²) in [5, 5.41) is 2.72. The molecule has 2 rings (SSSR count). The van der Waals surface area contributed by atoms with Crippen LogP contribution in [-0.2, 0) is 11.3 Å². The molecular weight excluding hydrogens is 296 g/mol. The first-order valence-electron chi connectivity index (χ1n) is 7.01. The summed E-state index contributed by atoms with van der Waals surface area (Å²) in [6, 6.07) is 13.9. The molecule has 3 N–H and O–H groups in total. The van der Waals surface area contributed by atoms with Crippen molar-refractivity contribution in [2.75, 3.05) is 13.7 Å². The minimum atomic E-state index is -0.502. The van der Waals surface area contributed by atoms with Crippen molar-refractivity contribution in [3.63, 3.8) is 0 Å². The number of rotatable bonds is 7. The van der Waals surface area contributed by atoms with Crippen LogP contribution in [0.3, 0.4) is 0 Å².